The summed E-state index contributed by atoms with van der Waals surface area (Å²) >= 11 is 0. The summed E-state index contributed by atoms with van der Waals surface area (Å²) < 4.78 is 11.0. The highest BCUT2D eigenvalue weighted by Gasteiger charge is 2.09. The van der Waals surface area contributed by atoms with E-state index >= 15 is 0 Å². The molecule has 0 heterocycles. The second-order valence-corrected chi connectivity index (χ2v) is 6.61. The number of ether oxygens (including phenoxy) is 2. The van der Waals surface area contributed by atoms with E-state index in [2.05, 4.69) is 10.6 Å². The zero-order chi connectivity index (χ0) is 21.3. The first kappa shape index (κ1) is 20.9. The Labute approximate surface area is 175 Å². The van der Waals surface area contributed by atoms with E-state index in [1.165, 1.54) is 0 Å². The van der Waals surface area contributed by atoms with Gasteiger partial charge in [0, 0.05) is 11.3 Å². The minimum absolute atomic E-state index is 0.157. The summed E-state index contributed by atoms with van der Waals surface area (Å²) in [5, 5.41) is 5.62. The van der Waals surface area contributed by atoms with E-state index in [-0.39, 0.29) is 18.4 Å². The highest BCUT2D eigenvalue weighted by Crippen LogP contribution is 2.23. The average molecular weight is 404 g/mol. The quantitative estimate of drug-likeness (QED) is 0.572. The maximum atomic E-state index is 12.3. The number of carbonyl (C=O) groups is 2. The van der Waals surface area contributed by atoms with E-state index in [0.717, 1.165) is 11.3 Å². The highest BCUT2D eigenvalue weighted by molar-refractivity contribution is 6.04. The number of anilines is 2. The molecule has 30 heavy (non-hydrogen) atoms. The average Bonchev–Trinajstić information content (AvgIpc) is 2.76. The predicted octanol–water partition coefficient (Wildman–Crippen LogP) is 4.66. The van der Waals surface area contributed by atoms with E-state index < -0.39 is 0 Å². The van der Waals surface area contributed by atoms with Gasteiger partial charge >= 0.3 is 0 Å². The third kappa shape index (κ3) is 5.85. The third-order valence-electron chi connectivity index (χ3n) is 4.26. The van der Waals surface area contributed by atoms with Crippen molar-refractivity contribution < 1.29 is 19.1 Å². The first-order valence-electron chi connectivity index (χ1n) is 9.67. The molecule has 0 atom stereocenters. The summed E-state index contributed by atoms with van der Waals surface area (Å²) in [4.78, 5) is 24.5. The van der Waals surface area contributed by atoms with Crippen LogP contribution in [-0.4, -0.2) is 25.0 Å². The predicted molar refractivity (Wildman–Crippen MR) is 117 cm³/mol. The summed E-state index contributed by atoms with van der Waals surface area (Å²) in [6.07, 6.45) is 0. The fourth-order valence-corrected chi connectivity index (χ4v) is 2.73. The Morgan fingerprint density at radius 3 is 2.23 bits per heavy atom. The first-order chi connectivity index (χ1) is 14.5. The molecule has 0 saturated heterocycles. The summed E-state index contributed by atoms with van der Waals surface area (Å²) in [6.45, 7) is 4.22. The number of benzene rings is 3. The lowest BCUT2D eigenvalue weighted by Gasteiger charge is -2.12. The molecule has 0 aliphatic heterocycles. The molecule has 0 unspecified atom stereocenters. The van der Waals surface area contributed by atoms with E-state index in [4.69, 9.17) is 9.47 Å². The van der Waals surface area contributed by atoms with Gasteiger partial charge in [-0.05, 0) is 62.4 Å². The molecule has 0 aromatic heterocycles. The van der Waals surface area contributed by atoms with E-state index in [1.807, 2.05) is 50.2 Å². The lowest BCUT2D eigenvalue weighted by atomic mass is 10.2. The normalized spacial score (nSPS) is 10.2. The molecule has 0 aliphatic carbocycles. The number of aryl methyl sites for hydroxylation is 1. The van der Waals surface area contributed by atoms with Crippen LogP contribution in [0.5, 0.6) is 11.5 Å². The van der Waals surface area contributed by atoms with Gasteiger partial charge in [-0.1, -0.05) is 29.8 Å². The molecular weight excluding hydrogens is 380 g/mol. The van der Waals surface area contributed by atoms with Gasteiger partial charge in [0.05, 0.1) is 12.3 Å². The molecule has 2 amide bonds. The minimum atomic E-state index is -0.302. The van der Waals surface area contributed by atoms with Gasteiger partial charge in [-0.3, -0.25) is 9.59 Å². The Morgan fingerprint density at radius 1 is 0.833 bits per heavy atom. The maximum absolute atomic E-state index is 12.3. The standard InChI is InChI=1S/C24H24N2O4/c1-3-29-22-7-5-4-6-21(22)26-23(27)16-30-20-14-10-18(11-15-20)24(28)25-19-12-8-17(2)9-13-19/h4-15H,3,16H2,1-2H3,(H,25,28)(H,26,27). The SMILES string of the molecule is CCOc1ccccc1NC(=O)COc1ccc(C(=O)Nc2ccc(C)cc2)cc1. The molecule has 0 fully saturated rings. The lowest BCUT2D eigenvalue weighted by Crippen LogP contribution is -2.20. The molecule has 6 nitrogen and oxygen atoms in total. The maximum Gasteiger partial charge on any atom is 0.262 e. The summed E-state index contributed by atoms with van der Waals surface area (Å²) in [6, 6.07) is 21.4. The van der Waals surface area contributed by atoms with Crippen LogP contribution in [0.2, 0.25) is 0 Å². The van der Waals surface area contributed by atoms with Crippen molar-refractivity contribution in [1.29, 1.82) is 0 Å². The largest absolute Gasteiger partial charge is 0.492 e. The molecule has 2 N–H and O–H groups in total. The number of amides is 2. The number of rotatable bonds is 8. The third-order valence-corrected chi connectivity index (χ3v) is 4.26. The van der Waals surface area contributed by atoms with Gasteiger partial charge in [0.1, 0.15) is 11.5 Å². The van der Waals surface area contributed by atoms with Gasteiger partial charge in [0.25, 0.3) is 11.8 Å². The Kier molecular flexibility index (Phi) is 7.05. The molecule has 0 saturated carbocycles. The number of hydrogen-bond donors (Lipinski definition) is 2. The molecule has 3 aromatic rings. The minimum Gasteiger partial charge on any atom is -0.492 e. The number of nitrogens with one attached hydrogen (secondary N) is 2. The molecular formula is C24H24N2O4. The van der Waals surface area contributed by atoms with Crippen molar-refractivity contribution >= 4 is 23.2 Å². The van der Waals surface area contributed by atoms with Gasteiger partial charge < -0.3 is 20.1 Å². The number of hydrogen-bond acceptors (Lipinski definition) is 4. The zero-order valence-electron chi connectivity index (χ0n) is 17.0. The fourth-order valence-electron chi connectivity index (χ4n) is 2.73. The molecule has 0 spiro atoms. The molecule has 0 aliphatic rings. The first-order valence-corrected chi connectivity index (χ1v) is 9.67. The van der Waals surface area contributed by atoms with E-state index in [0.29, 0.717) is 29.4 Å². The van der Waals surface area contributed by atoms with Crippen LogP contribution in [0.15, 0.2) is 72.8 Å². The molecule has 0 radical (unpaired) electrons. The number of para-hydroxylation sites is 2. The fraction of sp³-hybridized carbons (Fsp3) is 0.167. The van der Waals surface area contributed by atoms with Crippen LogP contribution < -0.4 is 20.1 Å². The molecule has 3 aromatic carbocycles. The van der Waals surface area contributed by atoms with Crippen LogP contribution in [0, 0.1) is 6.92 Å². The second-order valence-electron chi connectivity index (χ2n) is 6.61. The van der Waals surface area contributed by atoms with Crippen molar-refractivity contribution in [3.63, 3.8) is 0 Å². The van der Waals surface area contributed by atoms with Gasteiger partial charge in [0.15, 0.2) is 6.61 Å². The Hall–Kier alpha value is -3.80. The van der Waals surface area contributed by atoms with Crippen molar-refractivity contribution in [2.24, 2.45) is 0 Å². The van der Waals surface area contributed by atoms with Gasteiger partial charge in [-0.2, -0.15) is 0 Å². The van der Waals surface area contributed by atoms with Crippen molar-refractivity contribution in [3.8, 4) is 11.5 Å². The Bertz CT molecular complexity index is 998. The van der Waals surface area contributed by atoms with Crippen molar-refractivity contribution in [3.05, 3.63) is 83.9 Å². The Balaban J connectivity index is 1.52. The highest BCUT2D eigenvalue weighted by atomic mass is 16.5. The van der Waals surface area contributed by atoms with Crippen LogP contribution in [0.4, 0.5) is 11.4 Å². The number of carbonyl (C=O) groups excluding carboxylic acids is 2. The summed E-state index contributed by atoms with van der Waals surface area (Å²) in [5.74, 6) is 0.589. The van der Waals surface area contributed by atoms with Crippen molar-refractivity contribution in [1.82, 2.24) is 0 Å². The van der Waals surface area contributed by atoms with Gasteiger partial charge in [0.2, 0.25) is 0 Å². The van der Waals surface area contributed by atoms with Crippen LogP contribution >= 0.6 is 0 Å². The van der Waals surface area contributed by atoms with Gasteiger partial charge in [-0.15, -0.1) is 0 Å². The lowest BCUT2D eigenvalue weighted by molar-refractivity contribution is -0.118. The van der Waals surface area contributed by atoms with E-state index in [9.17, 15) is 9.59 Å². The second kappa shape index (κ2) is 10.1. The van der Waals surface area contributed by atoms with Gasteiger partial charge in [-0.25, -0.2) is 0 Å². The van der Waals surface area contributed by atoms with Crippen LogP contribution in [-0.2, 0) is 4.79 Å². The summed E-state index contributed by atoms with van der Waals surface area (Å²) in [7, 11) is 0. The molecule has 0 bridgehead atoms. The van der Waals surface area contributed by atoms with Crippen LogP contribution in [0.3, 0.4) is 0 Å². The smallest absolute Gasteiger partial charge is 0.262 e. The summed E-state index contributed by atoms with van der Waals surface area (Å²) in [5.41, 5.74) is 2.95. The zero-order valence-corrected chi connectivity index (χ0v) is 17.0. The Morgan fingerprint density at radius 2 is 1.53 bits per heavy atom. The van der Waals surface area contributed by atoms with E-state index in [1.54, 1.807) is 36.4 Å². The van der Waals surface area contributed by atoms with Crippen LogP contribution in [0.25, 0.3) is 0 Å². The van der Waals surface area contributed by atoms with Crippen LogP contribution in [0.1, 0.15) is 22.8 Å². The molecule has 3 rings (SSSR count). The monoisotopic (exact) mass is 404 g/mol. The van der Waals surface area contributed by atoms with Crippen molar-refractivity contribution in [2.75, 3.05) is 23.8 Å². The molecule has 6 heteroatoms. The molecule has 154 valence electrons. The van der Waals surface area contributed by atoms with Crippen molar-refractivity contribution in [2.45, 2.75) is 13.8 Å². The topological polar surface area (TPSA) is 76.7 Å².